The van der Waals surface area contributed by atoms with E-state index in [9.17, 15) is 10.1 Å². The van der Waals surface area contributed by atoms with Gasteiger partial charge in [-0.15, -0.1) is 0 Å². The number of aromatic nitrogens is 2. The molecular formula is C11H19N5O2. The molecule has 0 aliphatic carbocycles. The van der Waals surface area contributed by atoms with E-state index in [1.807, 2.05) is 11.9 Å². The van der Waals surface area contributed by atoms with Crippen molar-refractivity contribution in [3.8, 4) is 0 Å². The van der Waals surface area contributed by atoms with Crippen molar-refractivity contribution in [2.75, 3.05) is 18.0 Å². The minimum Gasteiger partial charge on any atom is -0.358 e. The van der Waals surface area contributed by atoms with Crippen molar-refractivity contribution >= 4 is 11.6 Å². The van der Waals surface area contributed by atoms with Gasteiger partial charge in [0, 0.05) is 39.1 Å². The van der Waals surface area contributed by atoms with Crippen LogP contribution in [-0.4, -0.2) is 39.6 Å². The maximum absolute atomic E-state index is 11.1. The van der Waals surface area contributed by atoms with Crippen molar-refractivity contribution in [1.82, 2.24) is 14.9 Å². The van der Waals surface area contributed by atoms with Crippen LogP contribution in [0.5, 0.6) is 0 Å². The van der Waals surface area contributed by atoms with Gasteiger partial charge >= 0.3 is 5.82 Å². The zero-order valence-corrected chi connectivity index (χ0v) is 11.2. The van der Waals surface area contributed by atoms with Gasteiger partial charge in [0.25, 0.3) is 0 Å². The third-order valence-corrected chi connectivity index (χ3v) is 3.30. The van der Waals surface area contributed by atoms with Crippen molar-refractivity contribution in [3.63, 3.8) is 0 Å². The van der Waals surface area contributed by atoms with Gasteiger partial charge in [-0.1, -0.05) is 0 Å². The molecule has 7 heteroatoms. The first-order chi connectivity index (χ1) is 8.40. The average molecular weight is 253 g/mol. The molecule has 1 aromatic rings. The summed E-state index contributed by atoms with van der Waals surface area (Å²) in [6, 6.07) is 0.618. The Morgan fingerprint density at radius 2 is 1.94 bits per heavy atom. The lowest BCUT2D eigenvalue weighted by atomic mass is 10.1. The Balaban J connectivity index is 2.40. The maximum atomic E-state index is 11.1. The maximum Gasteiger partial charge on any atom is 0.406 e. The minimum absolute atomic E-state index is 0.0451. The average Bonchev–Trinajstić information content (AvgIpc) is 2.54. The number of hydrogen-bond donors (Lipinski definition) is 1. The second-order valence-corrected chi connectivity index (χ2v) is 5.00. The first kappa shape index (κ1) is 12.8. The summed E-state index contributed by atoms with van der Waals surface area (Å²) >= 11 is 0. The fourth-order valence-corrected chi connectivity index (χ4v) is 2.56. The normalized spacial score (nSPS) is 24.3. The lowest BCUT2D eigenvalue weighted by molar-refractivity contribution is -0.388. The molecule has 1 aromatic heterocycles. The predicted molar refractivity (Wildman–Crippen MR) is 68.9 cm³/mol. The molecular weight excluding hydrogens is 234 g/mol. The molecule has 2 unspecified atom stereocenters. The summed E-state index contributed by atoms with van der Waals surface area (Å²) in [7, 11) is 1.82. The zero-order chi connectivity index (χ0) is 13.4. The summed E-state index contributed by atoms with van der Waals surface area (Å²) in [5.41, 5.74) is 0. The number of nitrogens with zero attached hydrogens (tertiary/aromatic N) is 4. The highest BCUT2D eigenvalue weighted by molar-refractivity contribution is 5.56. The van der Waals surface area contributed by atoms with Crippen LogP contribution in [0.1, 0.15) is 19.7 Å². The summed E-state index contributed by atoms with van der Waals surface area (Å²) in [5, 5.41) is 14.5. The molecule has 2 heterocycles. The van der Waals surface area contributed by atoms with Crippen molar-refractivity contribution in [1.29, 1.82) is 0 Å². The molecule has 1 aliphatic rings. The molecule has 100 valence electrons. The number of nitro groups is 1. The van der Waals surface area contributed by atoms with Gasteiger partial charge in [-0.3, -0.25) is 4.57 Å². The van der Waals surface area contributed by atoms with Crippen LogP contribution < -0.4 is 10.2 Å². The smallest absolute Gasteiger partial charge is 0.358 e. The van der Waals surface area contributed by atoms with E-state index in [0.717, 1.165) is 13.1 Å². The lowest BCUT2D eigenvalue weighted by Crippen LogP contribution is -2.54. The monoisotopic (exact) mass is 253 g/mol. The highest BCUT2D eigenvalue weighted by Gasteiger charge is 2.32. The van der Waals surface area contributed by atoms with E-state index in [1.165, 1.54) is 0 Å². The molecule has 0 amide bonds. The van der Waals surface area contributed by atoms with Crippen molar-refractivity contribution in [2.45, 2.75) is 32.9 Å². The molecule has 2 rings (SSSR count). The van der Waals surface area contributed by atoms with Crippen LogP contribution in [0.3, 0.4) is 0 Å². The van der Waals surface area contributed by atoms with Crippen molar-refractivity contribution < 1.29 is 4.92 Å². The first-order valence-electron chi connectivity index (χ1n) is 6.09. The van der Waals surface area contributed by atoms with Crippen LogP contribution in [0.4, 0.5) is 11.6 Å². The second kappa shape index (κ2) is 4.56. The van der Waals surface area contributed by atoms with Gasteiger partial charge in [0.1, 0.15) is 0 Å². The Kier molecular flexibility index (Phi) is 3.25. The molecule has 0 spiro atoms. The molecule has 1 aliphatic heterocycles. The zero-order valence-electron chi connectivity index (χ0n) is 11.2. The Bertz CT molecular complexity index is 460. The molecule has 18 heavy (non-hydrogen) atoms. The largest absolute Gasteiger partial charge is 0.406 e. The van der Waals surface area contributed by atoms with E-state index in [2.05, 4.69) is 24.1 Å². The highest BCUT2D eigenvalue weighted by atomic mass is 16.6. The molecule has 2 atom stereocenters. The van der Waals surface area contributed by atoms with Crippen LogP contribution >= 0.6 is 0 Å². The number of nitrogens with one attached hydrogen (secondary N) is 1. The van der Waals surface area contributed by atoms with Gasteiger partial charge in [-0.2, -0.15) is 0 Å². The molecule has 7 nitrogen and oxygen atoms in total. The number of aryl methyl sites for hydroxylation is 1. The van der Waals surface area contributed by atoms with Gasteiger partial charge in [0.15, 0.2) is 0 Å². The fraction of sp³-hybridized carbons (Fsp3) is 0.727. The lowest BCUT2D eigenvalue weighted by Gasteiger charge is -2.36. The van der Waals surface area contributed by atoms with Gasteiger partial charge in [0.05, 0.1) is 0 Å². The molecule has 0 saturated carbocycles. The summed E-state index contributed by atoms with van der Waals surface area (Å²) in [5.74, 6) is 1.23. The van der Waals surface area contributed by atoms with E-state index in [0.29, 0.717) is 23.7 Å². The molecule has 1 N–H and O–H groups in total. The number of rotatable bonds is 2. The van der Waals surface area contributed by atoms with Crippen LogP contribution in [0.25, 0.3) is 0 Å². The number of piperazine rings is 1. The third-order valence-electron chi connectivity index (χ3n) is 3.30. The first-order valence-corrected chi connectivity index (χ1v) is 6.09. The molecule has 1 fully saturated rings. The topological polar surface area (TPSA) is 76.2 Å². The summed E-state index contributed by atoms with van der Waals surface area (Å²) < 4.78 is 1.79. The predicted octanol–water partition coefficient (Wildman–Crippen LogP) is 0.823. The summed E-state index contributed by atoms with van der Waals surface area (Å²) in [6.45, 7) is 7.45. The summed E-state index contributed by atoms with van der Waals surface area (Å²) in [6.07, 6.45) is 0. The third kappa shape index (κ3) is 2.17. The Morgan fingerprint density at radius 3 is 2.44 bits per heavy atom. The standard InChI is InChI=1S/C11H19N5O2/c1-7-5-15(6-8(2)12-7)11-10(16(17)18)13-9(3)14(11)4/h7-8,12H,5-6H2,1-4H3. The van der Waals surface area contributed by atoms with Crippen LogP contribution in [0.2, 0.25) is 0 Å². The van der Waals surface area contributed by atoms with Crippen molar-refractivity contribution in [2.24, 2.45) is 7.05 Å². The number of imidazole rings is 1. The van der Waals surface area contributed by atoms with Gasteiger partial charge in [0.2, 0.25) is 11.6 Å². The number of anilines is 1. The van der Waals surface area contributed by atoms with E-state index < -0.39 is 4.92 Å². The Morgan fingerprint density at radius 1 is 1.39 bits per heavy atom. The Hall–Kier alpha value is -1.63. The summed E-state index contributed by atoms with van der Waals surface area (Å²) in [4.78, 5) is 16.8. The number of hydrogen-bond acceptors (Lipinski definition) is 5. The van der Waals surface area contributed by atoms with E-state index >= 15 is 0 Å². The second-order valence-electron chi connectivity index (χ2n) is 5.00. The highest BCUT2D eigenvalue weighted by Crippen LogP contribution is 2.29. The van der Waals surface area contributed by atoms with Gasteiger partial charge in [-0.05, 0) is 23.8 Å². The quantitative estimate of drug-likeness (QED) is 0.624. The molecule has 0 aromatic carbocycles. The van der Waals surface area contributed by atoms with Gasteiger partial charge in [-0.25, -0.2) is 0 Å². The van der Waals surface area contributed by atoms with Gasteiger partial charge < -0.3 is 20.3 Å². The van der Waals surface area contributed by atoms with Crippen LogP contribution in [0, 0.1) is 17.0 Å². The van der Waals surface area contributed by atoms with Crippen molar-refractivity contribution in [3.05, 3.63) is 15.9 Å². The minimum atomic E-state index is -0.403. The molecule has 0 radical (unpaired) electrons. The molecule has 1 saturated heterocycles. The van der Waals surface area contributed by atoms with E-state index in [-0.39, 0.29) is 5.82 Å². The Labute approximate surface area is 106 Å². The van der Waals surface area contributed by atoms with E-state index in [1.54, 1.807) is 11.5 Å². The fourth-order valence-electron chi connectivity index (χ4n) is 2.56. The SMILES string of the molecule is Cc1nc([N+](=O)[O-])c(N2CC(C)NC(C)C2)n1C. The van der Waals surface area contributed by atoms with Crippen LogP contribution in [0.15, 0.2) is 0 Å². The molecule has 0 bridgehead atoms. The van der Waals surface area contributed by atoms with Crippen LogP contribution in [-0.2, 0) is 7.05 Å². The van der Waals surface area contributed by atoms with E-state index in [4.69, 9.17) is 0 Å².